The van der Waals surface area contributed by atoms with Crippen molar-refractivity contribution in [3.05, 3.63) is 0 Å². The van der Waals surface area contributed by atoms with E-state index in [0.717, 1.165) is 13.0 Å². The minimum atomic E-state index is 0.0417. The first-order chi connectivity index (χ1) is 3.27. The van der Waals surface area contributed by atoms with Crippen molar-refractivity contribution in [2.75, 3.05) is 13.2 Å². The molecule has 0 spiro atoms. The van der Waals surface area contributed by atoms with Crippen molar-refractivity contribution in [2.24, 2.45) is 5.73 Å². The number of hydrogen-bond acceptors (Lipinski definition) is 2. The Morgan fingerprint density at radius 2 is 2.43 bits per heavy atom. The number of rotatable bonds is 1. The second-order valence-electron chi connectivity index (χ2n) is 2.25. The Kier molecular flexibility index (Phi) is 1.05. The Labute approximate surface area is 43.6 Å². The molecule has 0 saturated carbocycles. The van der Waals surface area contributed by atoms with Crippen LogP contribution < -0.4 is 5.73 Å². The maximum Gasteiger partial charge on any atom is 0.0798 e. The third-order valence-electron chi connectivity index (χ3n) is 1.51. The molecule has 0 radical (unpaired) electrons. The van der Waals surface area contributed by atoms with Gasteiger partial charge in [-0.1, -0.05) is 0 Å². The lowest BCUT2D eigenvalue weighted by Crippen LogP contribution is -2.46. The lowest BCUT2D eigenvalue weighted by Gasteiger charge is -2.37. The van der Waals surface area contributed by atoms with Crippen LogP contribution in [-0.4, -0.2) is 18.8 Å². The Morgan fingerprint density at radius 1 is 1.86 bits per heavy atom. The summed E-state index contributed by atoms with van der Waals surface area (Å²) in [6.07, 6.45) is 1.13. The standard InChI is InChI=1S/C5H11NO/c1-5(4-6)2-3-7-5/h2-4,6H2,1H3/t5-/m0/s1. The molecule has 42 valence electrons. The van der Waals surface area contributed by atoms with Crippen LogP contribution in [0.5, 0.6) is 0 Å². The molecule has 0 aliphatic carbocycles. The van der Waals surface area contributed by atoms with Crippen LogP contribution in [0, 0.1) is 0 Å². The molecule has 1 atom stereocenters. The Balaban J connectivity index is 2.29. The van der Waals surface area contributed by atoms with Crippen LogP contribution in [0.4, 0.5) is 0 Å². The molecular formula is C5H11NO. The molecule has 2 nitrogen and oxygen atoms in total. The fraction of sp³-hybridized carbons (Fsp3) is 1.00. The third-order valence-corrected chi connectivity index (χ3v) is 1.51. The van der Waals surface area contributed by atoms with Gasteiger partial charge >= 0.3 is 0 Å². The average molecular weight is 101 g/mol. The van der Waals surface area contributed by atoms with Gasteiger partial charge in [-0.15, -0.1) is 0 Å². The zero-order chi connectivity index (χ0) is 5.33. The molecule has 2 N–H and O–H groups in total. The highest BCUT2D eigenvalue weighted by Gasteiger charge is 2.30. The van der Waals surface area contributed by atoms with Crippen molar-refractivity contribution in [1.29, 1.82) is 0 Å². The van der Waals surface area contributed by atoms with Crippen LogP contribution in [0.25, 0.3) is 0 Å². The van der Waals surface area contributed by atoms with Gasteiger partial charge in [-0.25, -0.2) is 0 Å². The van der Waals surface area contributed by atoms with Gasteiger partial charge in [-0.2, -0.15) is 0 Å². The summed E-state index contributed by atoms with van der Waals surface area (Å²) in [5.74, 6) is 0. The zero-order valence-corrected chi connectivity index (χ0v) is 4.61. The van der Waals surface area contributed by atoms with E-state index < -0.39 is 0 Å². The van der Waals surface area contributed by atoms with E-state index in [-0.39, 0.29) is 5.60 Å². The van der Waals surface area contributed by atoms with Crippen LogP contribution in [-0.2, 0) is 4.74 Å². The maximum atomic E-state index is 5.34. The summed E-state index contributed by atoms with van der Waals surface area (Å²) < 4.78 is 5.14. The van der Waals surface area contributed by atoms with E-state index >= 15 is 0 Å². The largest absolute Gasteiger partial charge is 0.374 e. The fourth-order valence-electron chi connectivity index (χ4n) is 0.612. The number of nitrogens with two attached hydrogens (primary N) is 1. The van der Waals surface area contributed by atoms with E-state index in [4.69, 9.17) is 10.5 Å². The van der Waals surface area contributed by atoms with E-state index in [1.807, 2.05) is 6.92 Å². The lowest BCUT2D eigenvalue weighted by molar-refractivity contribution is -0.126. The summed E-state index contributed by atoms with van der Waals surface area (Å²) >= 11 is 0. The lowest BCUT2D eigenvalue weighted by atomic mass is 9.98. The van der Waals surface area contributed by atoms with Crippen molar-refractivity contribution in [2.45, 2.75) is 18.9 Å². The molecule has 1 aliphatic rings. The molecule has 1 fully saturated rings. The molecule has 0 unspecified atom stereocenters. The summed E-state index contributed by atoms with van der Waals surface area (Å²) in [6.45, 7) is 3.59. The van der Waals surface area contributed by atoms with Gasteiger partial charge < -0.3 is 10.5 Å². The average Bonchev–Trinajstić information content (AvgIpc) is 1.61. The zero-order valence-electron chi connectivity index (χ0n) is 4.61. The van der Waals surface area contributed by atoms with Crippen molar-refractivity contribution in [3.8, 4) is 0 Å². The number of hydrogen-bond donors (Lipinski definition) is 1. The van der Waals surface area contributed by atoms with Gasteiger partial charge in [0.2, 0.25) is 0 Å². The predicted octanol–water partition coefficient (Wildman–Crippen LogP) is 0.124. The van der Waals surface area contributed by atoms with Crippen molar-refractivity contribution in [3.63, 3.8) is 0 Å². The molecule has 0 bridgehead atoms. The first-order valence-electron chi connectivity index (χ1n) is 2.61. The van der Waals surface area contributed by atoms with Crippen LogP contribution in [0.3, 0.4) is 0 Å². The van der Waals surface area contributed by atoms with E-state index in [1.165, 1.54) is 0 Å². The summed E-state index contributed by atoms with van der Waals surface area (Å²) in [4.78, 5) is 0. The summed E-state index contributed by atoms with van der Waals surface area (Å²) in [6, 6.07) is 0. The molecule has 1 heterocycles. The minimum Gasteiger partial charge on any atom is -0.374 e. The van der Waals surface area contributed by atoms with Crippen LogP contribution in [0.1, 0.15) is 13.3 Å². The van der Waals surface area contributed by atoms with Crippen LogP contribution in [0.15, 0.2) is 0 Å². The molecule has 7 heavy (non-hydrogen) atoms. The first-order valence-corrected chi connectivity index (χ1v) is 2.61. The summed E-state index contributed by atoms with van der Waals surface area (Å²) in [7, 11) is 0. The van der Waals surface area contributed by atoms with Gasteiger partial charge in [0.15, 0.2) is 0 Å². The van der Waals surface area contributed by atoms with E-state index in [1.54, 1.807) is 0 Å². The molecule has 2 heteroatoms. The predicted molar refractivity (Wildman–Crippen MR) is 28.0 cm³/mol. The SMILES string of the molecule is C[C@@]1(CN)CCO1. The highest BCUT2D eigenvalue weighted by Crippen LogP contribution is 2.23. The minimum absolute atomic E-state index is 0.0417. The van der Waals surface area contributed by atoms with Gasteiger partial charge in [0.1, 0.15) is 0 Å². The Morgan fingerprint density at radius 3 is 2.43 bits per heavy atom. The van der Waals surface area contributed by atoms with Gasteiger partial charge in [-0.3, -0.25) is 0 Å². The van der Waals surface area contributed by atoms with E-state index in [0.29, 0.717) is 6.54 Å². The summed E-state index contributed by atoms with van der Waals surface area (Å²) in [5, 5.41) is 0. The molecule has 0 aromatic heterocycles. The topological polar surface area (TPSA) is 35.2 Å². The molecule has 0 aromatic carbocycles. The molecule has 1 saturated heterocycles. The monoisotopic (exact) mass is 101 g/mol. The fourth-order valence-corrected chi connectivity index (χ4v) is 0.612. The Hall–Kier alpha value is -0.0800. The second-order valence-corrected chi connectivity index (χ2v) is 2.25. The van der Waals surface area contributed by atoms with Crippen LogP contribution >= 0.6 is 0 Å². The smallest absolute Gasteiger partial charge is 0.0798 e. The maximum absolute atomic E-state index is 5.34. The van der Waals surface area contributed by atoms with E-state index in [9.17, 15) is 0 Å². The van der Waals surface area contributed by atoms with Gasteiger partial charge in [0.05, 0.1) is 12.2 Å². The van der Waals surface area contributed by atoms with Gasteiger partial charge in [0.25, 0.3) is 0 Å². The van der Waals surface area contributed by atoms with Gasteiger partial charge in [0, 0.05) is 13.0 Å². The second kappa shape index (κ2) is 1.46. The molecule has 1 rings (SSSR count). The van der Waals surface area contributed by atoms with E-state index in [2.05, 4.69) is 0 Å². The molecule has 0 amide bonds. The van der Waals surface area contributed by atoms with Crippen molar-refractivity contribution >= 4 is 0 Å². The van der Waals surface area contributed by atoms with Crippen molar-refractivity contribution in [1.82, 2.24) is 0 Å². The highest BCUT2D eigenvalue weighted by molar-refractivity contribution is 4.82. The molecular weight excluding hydrogens is 90.1 g/mol. The number of ether oxygens (including phenoxy) is 1. The molecule has 0 aromatic rings. The molecule has 1 aliphatic heterocycles. The van der Waals surface area contributed by atoms with Crippen LogP contribution in [0.2, 0.25) is 0 Å². The Bertz CT molecular complexity index is 63.0. The first kappa shape index (κ1) is 5.06. The third kappa shape index (κ3) is 0.763. The normalized spacial score (nSPS) is 40.3. The van der Waals surface area contributed by atoms with Crippen molar-refractivity contribution < 1.29 is 4.74 Å². The quantitative estimate of drug-likeness (QED) is 0.509. The summed E-state index contributed by atoms with van der Waals surface area (Å²) in [5.41, 5.74) is 5.38. The highest BCUT2D eigenvalue weighted by atomic mass is 16.5. The van der Waals surface area contributed by atoms with Gasteiger partial charge in [-0.05, 0) is 6.92 Å².